The van der Waals surface area contributed by atoms with E-state index in [9.17, 15) is 4.79 Å². The van der Waals surface area contributed by atoms with Crippen molar-refractivity contribution < 1.29 is 19.4 Å². The fraction of sp³-hybridized carbons (Fsp3) is 0.571. The van der Waals surface area contributed by atoms with E-state index in [0.717, 1.165) is 0 Å². The van der Waals surface area contributed by atoms with E-state index in [1.54, 1.807) is 6.92 Å². The molecule has 4 heteroatoms. The highest BCUT2D eigenvalue weighted by molar-refractivity contribution is 5.84. The predicted octanol–water partition coefficient (Wildman–Crippen LogP) is -0.175. The molecule has 0 spiro atoms. The Hall–Kier alpha value is -0.870. The van der Waals surface area contributed by atoms with Gasteiger partial charge in [0, 0.05) is 12.7 Å². The molecule has 0 unspecified atom stereocenters. The van der Waals surface area contributed by atoms with Crippen LogP contribution in [0, 0.1) is 0 Å². The lowest BCUT2D eigenvalue weighted by Crippen LogP contribution is -2.36. The maximum absolute atomic E-state index is 10.6. The van der Waals surface area contributed by atoms with Gasteiger partial charge in [0.05, 0.1) is 0 Å². The van der Waals surface area contributed by atoms with Gasteiger partial charge in [-0.3, -0.25) is 0 Å². The summed E-state index contributed by atoms with van der Waals surface area (Å²) in [6, 6.07) is 0. The number of cyclic esters (lactones) is 1. The number of aliphatic hydroxyl groups excluding tert-OH is 1. The van der Waals surface area contributed by atoms with Crippen LogP contribution in [-0.2, 0) is 14.3 Å². The molecule has 1 aliphatic rings. The van der Waals surface area contributed by atoms with Gasteiger partial charge in [-0.1, -0.05) is 0 Å². The molecule has 0 aromatic heterocycles. The van der Waals surface area contributed by atoms with Crippen molar-refractivity contribution in [2.45, 2.75) is 12.7 Å². The normalized spacial score (nSPS) is 29.1. The minimum atomic E-state index is -1.22. The van der Waals surface area contributed by atoms with E-state index in [1.165, 1.54) is 12.2 Å². The molecular formula is C7H10O4. The van der Waals surface area contributed by atoms with Crippen LogP contribution in [0.5, 0.6) is 0 Å². The molecule has 0 fully saturated rings. The summed E-state index contributed by atoms with van der Waals surface area (Å²) in [6.45, 7) is 1.80. The van der Waals surface area contributed by atoms with Crippen LogP contribution in [0.2, 0.25) is 0 Å². The van der Waals surface area contributed by atoms with Gasteiger partial charge in [-0.25, -0.2) is 4.79 Å². The Balaban J connectivity index is 2.63. The quantitative estimate of drug-likeness (QED) is 0.579. The lowest BCUT2D eigenvalue weighted by atomic mass is 10.3. The highest BCUT2D eigenvalue weighted by Gasteiger charge is 2.35. The molecule has 0 saturated carbocycles. The van der Waals surface area contributed by atoms with Gasteiger partial charge in [0.25, 0.3) is 5.79 Å². The number of ether oxygens (including phenoxy) is 2. The van der Waals surface area contributed by atoms with Gasteiger partial charge in [0.2, 0.25) is 0 Å². The Morgan fingerprint density at radius 3 is 2.91 bits per heavy atom. The van der Waals surface area contributed by atoms with E-state index in [-0.39, 0.29) is 6.61 Å². The van der Waals surface area contributed by atoms with Crippen molar-refractivity contribution in [3.05, 3.63) is 12.2 Å². The minimum absolute atomic E-state index is 0.344. The number of esters is 1. The Bertz CT molecular complexity index is 187. The van der Waals surface area contributed by atoms with E-state index < -0.39 is 11.8 Å². The lowest BCUT2D eigenvalue weighted by Gasteiger charge is -2.22. The Morgan fingerprint density at radius 2 is 2.55 bits per heavy atom. The van der Waals surface area contributed by atoms with Crippen molar-refractivity contribution in [2.24, 2.45) is 0 Å². The number of carbonyl (C=O) groups excluding carboxylic acids is 1. The molecule has 0 bridgehead atoms. The van der Waals surface area contributed by atoms with Crippen molar-refractivity contribution >= 4 is 5.97 Å². The second-order valence-electron chi connectivity index (χ2n) is 2.16. The van der Waals surface area contributed by atoms with Crippen molar-refractivity contribution in [3.8, 4) is 0 Å². The second-order valence-corrected chi connectivity index (χ2v) is 2.16. The molecule has 0 aliphatic carbocycles. The second kappa shape index (κ2) is 3.02. The van der Waals surface area contributed by atoms with Gasteiger partial charge in [-0.2, -0.15) is 0 Å². The Labute approximate surface area is 64.4 Å². The zero-order valence-corrected chi connectivity index (χ0v) is 6.24. The summed E-state index contributed by atoms with van der Waals surface area (Å²) in [5.41, 5.74) is 0. The van der Waals surface area contributed by atoms with Crippen molar-refractivity contribution in [2.75, 3.05) is 13.2 Å². The summed E-state index contributed by atoms with van der Waals surface area (Å²) in [5, 5.41) is 8.81. The maximum Gasteiger partial charge on any atom is 0.333 e. The molecule has 62 valence electrons. The van der Waals surface area contributed by atoms with Gasteiger partial charge >= 0.3 is 5.97 Å². The maximum atomic E-state index is 10.6. The first-order valence-electron chi connectivity index (χ1n) is 3.39. The molecule has 11 heavy (non-hydrogen) atoms. The van der Waals surface area contributed by atoms with Gasteiger partial charge in [-0.05, 0) is 13.0 Å². The fourth-order valence-electron chi connectivity index (χ4n) is 0.886. The first kappa shape index (κ1) is 8.23. The standard InChI is InChI=1S/C7H10O4/c1-2-10-7(5-8)4-3-6(9)11-7/h3-4,8H,2,5H2,1H3/t7-/m0/s1. The SMILES string of the molecule is CCO[C@@]1(CO)C=CC(=O)O1. The molecule has 1 N–H and O–H groups in total. The number of rotatable bonds is 3. The molecule has 1 rings (SSSR count). The van der Waals surface area contributed by atoms with Crippen LogP contribution in [0.15, 0.2) is 12.2 Å². The van der Waals surface area contributed by atoms with Crippen LogP contribution in [0.1, 0.15) is 6.92 Å². The average molecular weight is 158 g/mol. The number of hydrogen-bond donors (Lipinski definition) is 1. The van der Waals surface area contributed by atoms with Crippen molar-refractivity contribution in [1.82, 2.24) is 0 Å². The van der Waals surface area contributed by atoms with E-state index in [4.69, 9.17) is 14.6 Å². The third-order valence-corrected chi connectivity index (χ3v) is 1.36. The molecule has 1 aliphatic heterocycles. The van der Waals surface area contributed by atoms with Gasteiger partial charge in [0.1, 0.15) is 6.61 Å². The van der Waals surface area contributed by atoms with Crippen LogP contribution < -0.4 is 0 Å². The largest absolute Gasteiger partial charge is 0.423 e. The predicted molar refractivity (Wildman–Crippen MR) is 36.7 cm³/mol. The average Bonchev–Trinajstić information content (AvgIpc) is 2.34. The monoisotopic (exact) mass is 158 g/mol. The van der Waals surface area contributed by atoms with E-state index in [0.29, 0.717) is 6.61 Å². The highest BCUT2D eigenvalue weighted by Crippen LogP contribution is 2.20. The minimum Gasteiger partial charge on any atom is -0.423 e. The fourth-order valence-corrected chi connectivity index (χ4v) is 0.886. The summed E-state index contributed by atoms with van der Waals surface area (Å²) in [7, 11) is 0. The Morgan fingerprint density at radius 1 is 1.82 bits per heavy atom. The first-order chi connectivity index (χ1) is 5.22. The molecule has 1 heterocycles. The van der Waals surface area contributed by atoms with Crippen LogP contribution in [0.4, 0.5) is 0 Å². The summed E-state index contributed by atoms with van der Waals surface area (Å²) < 4.78 is 9.75. The van der Waals surface area contributed by atoms with E-state index in [2.05, 4.69) is 0 Å². The van der Waals surface area contributed by atoms with Crippen molar-refractivity contribution in [1.29, 1.82) is 0 Å². The molecule has 0 aromatic carbocycles. The summed E-state index contributed by atoms with van der Waals surface area (Å²) >= 11 is 0. The smallest absolute Gasteiger partial charge is 0.333 e. The zero-order chi connectivity index (χ0) is 8.32. The van der Waals surface area contributed by atoms with Crippen molar-refractivity contribution in [3.63, 3.8) is 0 Å². The molecule has 1 atom stereocenters. The third-order valence-electron chi connectivity index (χ3n) is 1.36. The van der Waals surface area contributed by atoms with Crippen LogP contribution in [0.25, 0.3) is 0 Å². The summed E-state index contributed by atoms with van der Waals surface area (Å²) in [4.78, 5) is 10.6. The highest BCUT2D eigenvalue weighted by atomic mass is 16.7. The van der Waals surface area contributed by atoms with E-state index >= 15 is 0 Å². The van der Waals surface area contributed by atoms with Crippen LogP contribution in [-0.4, -0.2) is 30.1 Å². The molecule has 0 radical (unpaired) electrons. The van der Waals surface area contributed by atoms with Gasteiger partial charge < -0.3 is 14.6 Å². The zero-order valence-electron chi connectivity index (χ0n) is 6.24. The third kappa shape index (κ3) is 1.58. The number of carbonyl (C=O) groups is 1. The van der Waals surface area contributed by atoms with Gasteiger partial charge in [0.15, 0.2) is 0 Å². The molecular weight excluding hydrogens is 148 g/mol. The molecule has 4 nitrogen and oxygen atoms in total. The van der Waals surface area contributed by atoms with E-state index in [1.807, 2.05) is 0 Å². The lowest BCUT2D eigenvalue weighted by molar-refractivity contribution is -0.209. The first-order valence-corrected chi connectivity index (χ1v) is 3.39. The molecule has 0 saturated heterocycles. The molecule has 0 aromatic rings. The Kier molecular flexibility index (Phi) is 2.26. The summed E-state index contributed by atoms with van der Waals surface area (Å²) in [6.07, 6.45) is 2.66. The number of aliphatic hydroxyl groups is 1. The van der Waals surface area contributed by atoms with Crippen LogP contribution in [0.3, 0.4) is 0 Å². The molecule has 0 amide bonds. The number of hydrogen-bond acceptors (Lipinski definition) is 4. The topological polar surface area (TPSA) is 55.8 Å². The van der Waals surface area contributed by atoms with Crippen LogP contribution >= 0.6 is 0 Å². The summed E-state index contributed by atoms with van der Waals surface area (Å²) in [5.74, 6) is -1.70. The van der Waals surface area contributed by atoms with Gasteiger partial charge in [-0.15, -0.1) is 0 Å².